The number of hydrogen-bond acceptors (Lipinski definition) is 4. The minimum atomic E-state index is -0.657. The van der Waals surface area contributed by atoms with Gasteiger partial charge in [-0.15, -0.1) is 6.58 Å². The highest BCUT2D eigenvalue weighted by molar-refractivity contribution is 5.87. The summed E-state index contributed by atoms with van der Waals surface area (Å²) in [7, 11) is 3.25. The van der Waals surface area contributed by atoms with Gasteiger partial charge in [0, 0.05) is 20.6 Å². The first-order valence-corrected chi connectivity index (χ1v) is 8.12. The van der Waals surface area contributed by atoms with Crippen molar-refractivity contribution < 1.29 is 19.1 Å². The SMILES string of the molecule is C=CCCCCN(C)C(=O)CN(C)C(=O)CNC(=O)OC(C)(C)C. The van der Waals surface area contributed by atoms with Gasteiger partial charge in [0.1, 0.15) is 12.1 Å². The van der Waals surface area contributed by atoms with Gasteiger partial charge in [0.2, 0.25) is 11.8 Å². The van der Waals surface area contributed by atoms with E-state index in [0.29, 0.717) is 6.54 Å². The lowest BCUT2D eigenvalue weighted by molar-refractivity contribution is -0.138. The number of carbonyl (C=O) groups excluding carboxylic acids is 3. The molecule has 0 rings (SSSR count). The topological polar surface area (TPSA) is 79.0 Å². The predicted octanol–water partition coefficient (Wildman–Crippen LogP) is 1.78. The summed E-state index contributed by atoms with van der Waals surface area (Å²) in [5.74, 6) is -0.490. The molecule has 0 aliphatic rings. The van der Waals surface area contributed by atoms with Gasteiger partial charge in [-0.05, 0) is 40.0 Å². The number of allylic oxidation sites excluding steroid dienone is 1. The maximum Gasteiger partial charge on any atom is 0.408 e. The van der Waals surface area contributed by atoms with E-state index >= 15 is 0 Å². The van der Waals surface area contributed by atoms with E-state index in [1.54, 1.807) is 32.7 Å². The van der Waals surface area contributed by atoms with Crippen molar-refractivity contribution in [2.24, 2.45) is 0 Å². The smallest absolute Gasteiger partial charge is 0.408 e. The molecule has 0 saturated heterocycles. The fourth-order valence-corrected chi connectivity index (χ4v) is 1.77. The van der Waals surface area contributed by atoms with Crippen molar-refractivity contribution >= 4 is 17.9 Å². The molecule has 0 aromatic carbocycles. The molecule has 0 aromatic heterocycles. The van der Waals surface area contributed by atoms with Crippen LogP contribution >= 0.6 is 0 Å². The molecule has 24 heavy (non-hydrogen) atoms. The van der Waals surface area contributed by atoms with E-state index in [1.807, 2.05) is 6.08 Å². The highest BCUT2D eigenvalue weighted by Crippen LogP contribution is 2.06. The molecule has 0 radical (unpaired) electrons. The number of unbranched alkanes of at least 4 members (excludes halogenated alkanes) is 2. The average Bonchev–Trinajstić information content (AvgIpc) is 2.47. The van der Waals surface area contributed by atoms with Crippen molar-refractivity contribution in [2.75, 3.05) is 33.7 Å². The number of carbonyl (C=O) groups is 3. The van der Waals surface area contributed by atoms with E-state index < -0.39 is 11.7 Å². The van der Waals surface area contributed by atoms with Crippen LogP contribution in [0.5, 0.6) is 0 Å². The number of nitrogens with zero attached hydrogens (tertiary/aromatic N) is 2. The minimum absolute atomic E-state index is 0.0210. The fourth-order valence-electron chi connectivity index (χ4n) is 1.77. The van der Waals surface area contributed by atoms with Crippen molar-refractivity contribution in [2.45, 2.75) is 45.6 Å². The zero-order valence-electron chi connectivity index (χ0n) is 15.6. The van der Waals surface area contributed by atoms with Gasteiger partial charge >= 0.3 is 6.09 Å². The Morgan fingerprint density at radius 2 is 1.71 bits per heavy atom. The summed E-state index contributed by atoms with van der Waals surface area (Å²) in [6, 6.07) is 0. The summed E-state index contributed by atoms with van der Waals surface area (Å²) in [4.78, 5) is 38.4. The Bertz CT molecular complexity index is 444. The van der Waals surface area contributed by atoms with Gasteiger partial charge in [0.15, 0.2) is 0 Å². The first-order chi connectivity index (χ1) is 11.1. The molecule has 0 spiro atoms. The lowest BCUT2D eigenvalue weighted by atomic mass is 10.2. The largest absolute Gasteiger partial charge is 0.444 e. The quantitative estimate of drug-likeness (QED) is 0.512. The van der Waals surface area contributed by atoms with Crippen LogP contribution in [0.1, 0.15) is 40.0 Å². The third-order valence-corrected chi connectivity index (χ3v) is 3.16. The number of ether oxygens (including phenoxy) is 1. The van der Waals surface area contributed by atoms with Gasteiger partial charge in [-0.2, -0.15) is 0 Å². The van der Waals surface area contributed by atoms with E-state index in [1.165, 1.54) is 11.9 Å². The zero-order valence-corrected chi connectivity index (χ0v) is 15.6. The maximum absolute atomic E-state index is 12.0. The van der Waals surface area contributed by atoms with Crippen molar-refractivity contribution in [3.63, 3.8) is 0 Å². The Labute approximate surface area is 145 Å². The van der Waals surface area contributed by atoms with Crippen LogP contribution in [0.3, 0.4) is 0 Å². The van der Waals surface area contributed by atoms with Gasteiger partial charge in [-0.25, -0.2) is 4.79 Å². The van der Waals surface area contributed by atoms with Gasteiger partial charge in [0.05, 0.1) is 6.54 Å². The van der Waals surface area contributed by atoms with E-state index in [2.05, 4.69) is 11.9 Å². The molecule has 0 bridgehead atoms. The van der Waals surface area contributed by atoms with Gasteiger partial charge in [-0.3, -0.25) is 9.59 Å². The van der Waals surface area contributed by atoms with Gasteiger partial charge in [-0.1, -0.05) is 6.08 Å². The normalized spacial score (nSPS) is 10.7. The van der Waals surface area contributed by atoms with Crippen molar-refractivity contribution in [3.05, 3.63) is 12.7 Å². The predicted molar refractivity (Wildman–Crippen MR) is 93.6 cm³/mol. The lowest BCUT2D eigenvalue weighted by Crippen LogP contribution is -2.44. The van der Waals surface area contributed by atoms with Crippen LogP contribution in [0.2, 0.25) is 0 Å². The molecule has 0 atom stereocenters. The molecule has 7 nitrogen and oxygen atoms in total. The monoisotopic (exact) mass is 341 g/mol. The van der Waals surface area contributed by atoms with E-state index in [-0.39, 0.29) is 24.9 Å². The number of hydrogen-bond donors (Lipinski definition) is 1. The van der Waals surface area contributed by atoms with Crippen LogP contribution < -0.4 is 5.32 Å². The number of likely N-dealkylation sites (N-methyl/N-ethyl adjacent to an activating group) is 2. The van der Waals surface area contributed by atoms with Crippen molar-refractivity contribution in [1.82, 2.24) is 15.1 Å². The van der Waals surface area contributed by atoms with Crippen molar-refractivity contribution in [1.29, 1.82) is 0 Å². The second-order valence-electron chi connectivity index (χ2n) is 6.70. The molecule has 7 heteroatoms. The average molecular weight is 341 g/mol. The molecule has 1 N–H and O–H groups in total. The fraction of sp³-hybridized carbons (Fsp3) is 0.706. The Hall–Kier alpha value is -2.05. The zero-order chi connectivity index (χ0) is 18.8. The Balaban J connectivity index is 4.13. The summed E-state index contributed by atoms with van der Waals surface area (Å²) in [5.41, 5.74) is -0.622. The number of rotatable bonds is 9. The first-order valence-electron chi connectivity index (χ1n) is 8.12. The summed E-state index contributed by atoms with van der Waals surface area (Å²) in [5, 5.41) is 2.38. The van der Waals surface area contributed by atoms with Crippen LogP contribution in [-0.4, -0.2) is 67.0 Å². The molecular formula is C17H31N3O4. The second kappa shape index (κ2) is 10.7. The molecule has 3 amide bonds. The molecule has 138 valence electrons. The van der Waals surface area contributed by atoms with Gasteiger partial charge in [0.25, 0.3) is 0 Å². The number of amides is 3. The Morgan fingerprint density at radius 3 is 2.25 bits per heavy atom. The van der Waals surface area contributed by atoms with Crippen LogP contribution in [0.4, 0.5) is 4.79 Å². The summed E-state index contributed by atoms with van der Waals surface area (Å²) in [6.07, 6.45) is 4.00. The minimum Gasteiger partial charge on any atom is -0.444 e. The highest BCUT2D eigenvalue weighted by atomic mass is 16.6. The second-order valence-corrected chi connectivity index (χ2v) is 6.70. The maximum atomic E-state index is 12.0. The van der Waals surface area contributed by atoms with Crippen LogP contribution in [-0.2, 0) is 14.3 Å². The van der Waals surface area contributed by atoms with E-state index in [9.17, 15) is 14.4 Å². The third kappa shape index (κ3) is 10.6. The summed E-state index contributed by atoms with van der Waals surface area (Å²) >= 11 is 0. The van der Waals surface area contributed by atoms with Crippen LogP contribution in [0.15, 0.2) is 12.7 Å². The first kappa shape index (κ1) is 21.9. The van der Waals surface area contributed by atoms with E-state index in [0.717, 1.165) is 19.3 Å². The summed E-state index contributed by atoms with van der Waals surface area (Å²) < 4.78 is 5.05. The van der Waals surface area contributed by atoms with Gasteiger partial charge < -0.3 is 19.9 Å². The molecule has 0 aliphatic heterocycles. The summed E-state index contributed by atoms with van der Waals surface area (Å²) in [6.45, 7) is 9.29. The van der Waals surface area contributed by atoms with Crippen LogP contribution in [0, 0.1) is 0 Å². The highest BCUT2D eigenvalue weighted by Gasteiger charge is 2.19. The van der Waals surface area contributed by atoms with Crippen molar-refractivity contribution in [3.8, 4) is 0 Å². The molecule has 0 aromatic rings. The molecule has 0 saturated carbocycles. The van der Waals surface area contributed by atoms with E-state index in [4.69, 9.17) is 4.74 Å². The number of alkyl carbamates (subject to hydrolysis) is 1. The standard InChI is InChI=1S/C17H31N3O4/c1-7-8-9-10-11-19(5)15(22)13-20(6)14(21)12-18-16(23)24-17(2,3)4/h7H,1,8-13H2,2-6H3,(H,18,23). The molecular weight excluding hydrogens is 310 g/mol. The van der Waals surface area contributed by atoms with Crippen LogP contribution in [0.25, 0.3) is 0 Å². The molecule has 0 unspecified atom stereocenters. The molecule has 0 heterocycles. The Kier molecular flexibility index (Phi) is 9.76. The third-order valence-electron chi connectivity index (χ3n) is 3.16. The number of nitrogens with one attached hydrogen (secondary N) is 1. The molecule has 0 aliphatic carbocycles. The molecule has 0 fully saturated rings. The lowest BCUT2D eigenvalue weighted by Gasteiger charge is -2.23. The Morgan fingerprint density at radius 1 is 1.08 bits per heavy atom.